The molecule has 21 heavy (non-hydrogen) atoms. The van der Waals surface area contributed by atoms with Crippen LogP contribution in [0.15, 0.2) is 0 Å². The summed E-state index contributed by atoms with van der Waals surface area (Å²) in [6.07, 6.45) is -1.91. The lowest BCUT2D eigenvalue weighted by atomic mass is 9.69. The van der Waals surface area contributed by atoms with Crippen LogP contribution in [0, 0.1) is 5.41 Å². The molecule has 0 bridgehead atoms. The summed E-state index contributed by atoms with van der Waals surface area (Å²) in [6.45, 7) is 2.73. The van der Waals surface area contributed by atoms with Crippen molar-refractivity contribution in [2.45, 2.75) is 31.9 Å². The molecule has 1 aliphatic heterocycles. The molecule has 0 aromatic carbocycles. The van der Waals surface area contributed by atoms with Gasteiger partial charge in [-0.1, -0.05) is 6.42 Å². The molecule has 2 heterocycles. The van der Waals surface area contributed by atoms with E-state index in [-0.39, 0.29) is 11.2 Å². The summed E-state index contributed by atoms with van der Waals surface area (Å²) in [4.78, 5) is 2.01. The number of hydrogen-bond donors (Lipinski definition) is 0. The fourth-order valence-corrected chi connectivity index (χ4v) is 3.10. The third kappa shape index (κ3) is 3.00. The Balaban J connectivity index is 1.79. The molecule has 0 unspecified atom stereocenters. The summed E-state index contributed by atoms with van der Waals surface area (Å²) >= 11 is 0. The highest BCUT2D eigenvalue weighted by Crippen LogP contribution is 2.43. The number of nitrogens with zero attached hydrogens (tertiary/aromatic N) is 4. The Labute approximate surface area is 121 Å². The first-order valence-electron chi connectivity index (χ1n) is 7.16. The van der Waals surface area contributed by atoms with Crippen molar-refractivity contribution in [3.63, 3.8) is 0 Å². The smallest absolute Gasteiger partial charge is 0.379 e. The first-order valence-corrected chi connectivity index (χ1v) is 7.16. The van der Waals surface area contributed by atoms with E-state index in [0.717, 1.165) is 26.0 Å². The Morgan fingerprint density at radius 3 is 2.67 bits per heavy atom. The molecule has 3 rings (SSSR count). The SMILES string of the molecule is Cn1c(CC(F)(F)F)nnc1N1CCOCC2(CCC2)C1. The second-order valence-electron chi connectivity index (χ2n) is 6.09. The van der Waals surface area contributed by atoms with Crippen molar-refractivity contribution in [2.75, 3.05) is 31.2 Å². The lowest BCUT2D eigenvalue weighted by Crippen LogP contribution is -2.44. The largest absolute Gasteiger partial charge is 0.396 e. The van der Waals surface area contributed by atoms with Crippen LogP contribution in [0.4, 0.5) is 19.1 Å². The molecule has 118 valence electrons. The molecule has 0 radical (unpaired) electrons. The number of hydrogen-bond acceptors (Lipinski definition) is 4. The monoisotopic (exact) mass is 304 g/mol. The fourth-order valence-electron chi connectivity index (χ4n) is 3.10. The highest BCUT2D eigenvalue weighted by Gasteiger charge is 2.41. The minimum Gasteiger partial charge on any atom is -0.379 e. The van der Waals surface area contributed by atoms with Gasteiger partial charge >= 0.3 is 6.18 Å². The number of anilines is 1. The van der Waals surface area contributed by atoms with Gasteiger partial charge in [-0.3, -0.25) is 0 Å². The summed E-state index contributed by atoms with van der Waals surface area (Å²) < 4.78 is 44.6. The van der Waals surface area contributed by atoms with Crippen LogP contribution in [-0.2, 0) is 18.2 Å². The molecule has 0 N–H and O–H groups in total. The Hall–Kier alpha value is -1.31. The van der Waals surface area contributed by atoms with E-state index in [9.17, 15) is 13.2 Å². The zero-order valence-corrected chi connectivity index (χ0v) is 12.0. The minimum absolute atomic E-state index is 0.0506. The zero-order valence-electron chi connectivity index (χ0n) is 12.0. The molecule has 0 atom stereocenters. The van der Waals surface area contributed by atoms with Gasteiger partial charge in [-0.25, -0.2) is 0 Å². The summed E-state index contributed by atoms with van der Waals surface area (Å²) in [7, 11) is 1.59. The molecule has 2 fully saturated rings. The molecule has 1 saturated carbocycles. The van der Waals surface area contributed by atoms with Crippen LogP contribution >= 0.6 is 0 Å². The van der Waals surface area contributed by atoms with Crippen molar-refractivity contribution < 1.29 is 17.9 Å². The zero-order chi connectivity index (χ0) is 15.1. The normalized spacial score (nSPS) is 22.2. The van der Waals surface area contributed by atoms with Crippen molar-refractivity contribution in [3.05, 3.63) is 5.82 Å². The fraction of sp³-hybridized carbons (Fsp3) is 0.846. The maximum atomic E-state index is 12.5. The van der Waals surface area contributed by atoms with Crippen LogP contribution < -0.4 is 4.90 Å². The lowest BCUT2D eigenvalue weighted by molar-refractivity contribution is -0.128. The Bertz CT molecular complexity index is 510. The van der Waals surface area contributed by atoms with E-state index in [0.29, 0.717) is 19.1 Å². The van der Waals surface area contributed by atoms with E-state index in [1.54, 1.807) is 7.05 Å². The van der Waals surface area contributed by atoms with Crippen LogP contribution in [0.2, 0.25) is 0 Å². The van der Waals surface area contributed by atoms with Gasteiger partial charge in [0.2, 0.25) is 5.95 Å². The first-order chi connectivity index (χ1) is 9.89. The van der Waals surface area contributed by atoms with Gasteiger partial charge in [0.1, 0.15) is 12.2 Å². The highest BCUT2D eigenvalue weighted by molar-refractivity contribution is 5.32. The van der Waals surface area contributed by atoms with Crippen LogP contribution in [0.5, 0.6) is 0 Å². The maximum absolute atomic E-state index is 12.5. The van der Waals surface area contributed by atoms with E-state index >= 15 is 0 Å². The van der Waals surface area contributed by atoms with Crippen LogP contribution in [0.25, 0.3) is 0 Å². The predicted molar refractivity (Wildman–Crippen MR) is 70.1 cm³/mol. The van der Waals surface area contributed by atoms with Crippen LogP contribution in [-0.4, -0.2) is 47.2 Å². The minimum atomic E-state index is -4.27. The number of aromatic nitrogens is 3. The van der Waals surface area contributed by atoms with Crippen molar-refractivity contribution in [3.8, 4) is 0 Å². The Morgan fingerprint density at radius 1 is 1.29 bits per heavy atom. The second-order valence-corrected chi connectivity index (χ2v) is 6.09. The maximum Gasteiger partial charge on any atom is 0.396 e. The highest BCUT2D eigenvalue weighted by atomic mass is 19.4. The quantitative estimate of drug-likeness (QED) is 0.837. The molecule has 5 nitrogen and oxygen atoms in total. The summed E-state index contributed by atoms with van der Waals surface area (Å²) in [5.41, 5.74) is 0.145. The van der Waals surface area contributed by atoms with Crippen LogP contribution in [0.1, 0.15) is 25.1 Å². The molecular formula is C13H19F3N4O. The van der Waals surface area contributed by atoms with E-state index in [1.165, 1.54) is 11.0 Å². The van der Waals surface area contributed by atoms with Crippen molar-refractivity contribution >= 4 is 5.95 Å². The first kappa shape index (κ1) is 14.6. The van der Waals surface area contributed by atoms with Crippen molar-refractivity contribution in [1.82, 2.24) is 14.8 Å². The van der Waals surface area contributed by atoms with E-state index in [1.807, 2.05) is 4.90 Å². The molecule has 8 heteroatoms. The lowest BCUT2D eigenvalue weighted by Gasteiger charge is -2.42. The van der Waals surface area contributed by atoms with Gasteiger partial charge in [0, 0.05) is 25.6 Å². The standard InChI is InChI=1S/C13H19F3N4O/c1-19-10(7-13(14,15)16)17-18-11(19)20-5-6-21-9-12(8-20)3-2-4-12/h2-9H2,1H3. The van der Waals surface area contributed by atoms with Crippen LogP contribution in [0.3, 0.4) is 0 Å². The average Bonchev–Trinajstić information content (AvgIpc) is 2.61. The number of halogens is 3. The van der Waals surface area contributed by atoms with Gasteiger partial charge in [-0.05, 0) is 12.8 Å². The number of ether oxygens (including phenoxy) is 1. The van der Waals surface area contributed by atoms with Gasteiger partial charge in [0.25, 0.3) is 0 Å². The third-order valence-corrected chi connectivity index (χ3v) is 4.44. The number of rotatable bonds is 2. The molecule has 1 aliphatic carbocycles. The molecule has 1 aromatic heterocycles. The molecule has 1 aromatic rings. The molecule has 2 aliphatic rings. The van der Waals surface area contributed by atoms with Gasteiger partial charge < -0.3 is 14.2 Å². The third-order valence-electron chi connectivity index (χ3n) is 4.44. The molecular weight excluding hydrogens is 285 g/mol. The van der Waals surface area contributed by atoms with E-state index in [4.69, 9.17) is 4.74 Å². The topological polar surface area (TPSA) is 43.2 Å². The summed E-state index contributed by atoms with van der Waals surface area (Å²) in [5, 5.41) is 7.68. The summed E-state index contributed by atoms with van der Waals surface area (Å²) in [5.74, 6) is 0.455. The number of alkyl halides is 3. The Kier molecular flexibility index (Phi) is 3.59. The van der Waals surface area contributed by atoms with Crippen molar-refractivity contribution in [2.24, 2.45) is 12.5 Å². The van der Waals surface area contributed by atoms with Gasteiger partial charge in [0.15, 0.2) is 0 Å². The van der Waals surface area contributed by atoms with E-state index in [2.05, 4.69) is 10.2 Å². The molecule has 1 saturated heterocycles. The molecule has 0 amide bonds. The Morgan fingerprint density at radius 2 is 2.05 bits per heavy atom. The average molecular weight is 304 g/mol. The summed E-state index contributed by atoms with van der Waals surface area (Å²) in [6, 6.07) is 0. The van der Waals surface area contributed by atoms with E-state index < -0.39 is 12.6 Å². The van der Waals surface area contributed by atoms with Gasteiger partial charge in [-0.15, -0.1) is 10.2 Å². The van der Waals surface area contributed by atoms with Gasteiger partial charge in [0.05, 0.1) is 13.2 Å². The van der Waals surface area contributed by atoms with Crippen molar-refractivity contribution in [1.29, 1.82) is 0 Å². The predicted octanol–water partition coefficient (Wildman–Crippen LogP) is 1.93. The second kappa shape index (κ2) is 5.15. The molecule has 1 spiro atoms. The van der Waals surface area contributed by atoms with Gasteiger partial charge in [-0.2, -0.15) is 13.2 Å².